The topological polar surface area (TPSA) is 79.2 Å². The summed E-state index contributed by atoms with van der Waals surface area (Å²) in [5.74, 6) is 0.487. The molecule has 0 bridgehead atoms. The van der Waals surface area contributed by atoms with Crippen LogP contribution in [0.4, 0.5) is 0 Å². The summed E-state index contributed by atoms with van der Waals surface area (Å²) in [4.78, 5) is 34.5. The Balaban J connectivity index is 1.70. The Bertz CT molecular complexity index is 1280. The number of H-pyrrole nitrogens is 1. The fourth-order valence-corrected chi connectivity index (χ4v) is 3.63. The van der Waals surface area contributed by atoms with E-state index in [0.717, 1.165) is 17.4 Å². The fourth-order valence-electron chi connectivity index (χ4n) is 3.46. The second-order valence-electron chi connectivity index (χ2n) is 6.95. The number of hydrogen-bond acceptors (Lipinski definition) is 4. The lowest BCUT2D eigenvalue weighted by atomic mass is 10.1. The van der Waals surface area contributed by atoms with Gasteiger partial charge in [-0.05, 0) is 37.6 Å². The Morgan fingerprint density at radius 2 is 2.00 bits per heavy atom. The first-order valence-corrected chi connectivity index (χ1v) is 9.81. The molecule has 6 nitrogen and oxygen atoms in total. The second kappa shape index (κ2) is 7.72. The van der Waals surface area contributed by atoms with E-state index in [1.54, 1.807) is 23.1 Å². The van der Waals surface area contributed by atoms with E-state index >= 15 is 0 Å². The highest BCUT2D eigenvalue weighted by Gasteiger charge is 2.23. The lowest BCUT2D eigenvalue weighted by Gasteiger charge is -2.21. The number of rotatable bonds is 5. The number of aryl methyl sites for hydroxylation is 1. The first-order chi connectivity index (χ1) is 14.0. The molecule has 1 amide bonds. The number of nitrogens with one attached hydrogen (secondary N) is 1. The average Bonchev–Trinajstić information content (AvgIpc) is 3.03. The Labute approximate surface area is 172 Å². The molecule has 0 aliphatic heterocycles. The number of aromatic nitrogens is 2. The van der Waals surface area contributed by atoms with Crippen LogP contribution < -0.4 is 5.56 Å². The van der Waals surface area contributed by atoms with Crippen molar-refractivity contribution in [2.45, 2.75) is 26.8 Å². The van der Waals surface area contributed by atoms with Crippen LogP contribution >= 0.6 is 11.6 Å². The summed E-state index contributed by atoms with van der Waals surface area (Å²) in [5.41, 5.74) is 1.72. The predicted molar refractivity (Wildman–Crippen MR) is 113 cm³/mol. The number of carbonyl (C=O) groups excluding carboxylic acids is 1. The van der Waals surface area contributed by atoms with E-state index in [1.807, 2.05) is 38.1 Å². The predicted octanol–water partition coefficient (Wildman–Crippen LogP) is 4.68. The number of fused-ring (bicyclic) bond motifs is 2. The van der Waals surface area contributed by atoms with Crippen LogP contribution in [-0.2, 0) is 6.54 Å². The molecule has 0 spiro atoms. The van der Waals surface area contributed by atoms with Crippen molar-refractivity contribution in [1.29, 1.82) is 0 Å². The van der Waals surface area contributed by atoms with Gasteiger partial charge in [-0.1, -0.05) is 36.7 Å². The highest BCUT2D eigenvalue weighted by molar-refractivity contribution is 6.31. The van der Waals surface area contributed by atoms with Gasteiger partial charge in [0.15, 0.2) is 5.76 Å². The van der Waals surface area contributed by atoms with Crippen molar-refractivity contribution < 1.29 is 9.21 Å². The minimum absolute atomic E-state index is 0.168. The van der Waals surface area contributed by atoms with Crippen molar-refractivity contribution in [1.82, 2.24) is 14.9 Å². The summed E-state index contributed by atoms with van der Waals surface area (Å²) in [6.45, 7) is 4.54. The summed E-state index contributed by atoms with van der Waals surface area (Å²) < 4.78 is 5.83. The van der Waals surface area contributed by atoms with Crippen LogP contribution in [-0.4, -0.2) is 27.3 Å². The smallest absolute Gasteiger partial charge is 0.290 e. The van der Waals surface area contributed by atoms with Gasteiger partial charge < -0.3 is 14.3 Å². The van der Waals surface area contributed by atoms with Crippen molar-refractivity contribution in [3.63, 3.8) is 0 Å². The Morgan fingerprint density at radius 3 is 2.76 bits per heavy atom. The Kier molecular flexibility index (Phi) is 5.11. The van der Waals surface area contributed by atoms with Gasteiger partial charge in [-0.3, -0.25) is 9.59 Å². The maximum Gasteiger partial charge on any atom is 0.290 e. The first-order valence-electron chi connectivity index (χ1n) is 9.43. The van der Waals surface area contributed by atoms with Crippen LogP contribution in [0.3, 0.4) is 0 Å². The van der Waals surface area contributed by atoms with Gasteiger partial charge in [0.05, 0.1) is 17.4 Å². The number of benzene rings is 2. The molecule has 0 fully saturated rings. The minimum atomic E-state index is -0.259. The van der Waals surface area contributed by atoms with Crippen LogP contribution in [0, 0.1) is 6.92 Å². The summed E-state index contributed by atoms with van der Waals surface area (Å²) in [7, 11) is 0. The van der Waals surface area contributed by atoms with Gasteiger partial charge >= 0.3 is 0 Å². The van der Waals surface area contributed by atoms with Crippen LogP contribution in [0.1, 0.15) is 35.3 Å². The Hall–Kier alpha value is -3.12. The molecule has 7 heteroatoms. The number of halogens is 1. The van der Waals surface area contributed by atoms with E-state index in [4.69, 9.17) is 16.0 Å². The molecule has 0 unspecified atom stereocenters. The molecule has 4 rings (SSSR count). The third-order valence-corrected chi connectivity index (χ3v) is 5.11. The zero-order chi connectivity index (χ0) is 20.5. The van der Waals surface area contributed by atoms with Crippen LogP contribution in [0.15, 0.2) is 51.7 Å². The van der Waals surface area contributed by atoms with Crippen molar-refractivity contribution in [3.8, 4) is 0 Å². The number of furan rings is 1. The third kappa shape index (κ3) is 3.63. The lowest BCUT2D eigenvalue weighted by molar-refractivity contribution is 0.0708. The van der Waals surface area contributed by atoms with Gasteiger partial charge in [-0.2, -0.15) is 0 Å². The summed E-state index contributed by atoms with van der Waals surface area (Å²) in [5, 5.41) is 1.87. The van der Waals surface area contributed by atoms with E-state index in [9.17, 15) is 9.59 Å². The molecule has 0 saturated heterocycles. The second-order valence-corrected chi connectivity index (χ2v) is 7.39. The normalized spacial score (nSPS) is 11.3. The highest BCUT2D eigenvalue weighted by Crippen LogP contribution is 2.26. The number of carbonyl (C=O) groups is 1. The SMILES string of the molecule is CCCN(Cc1nc2cc(Cl)ccc2c(=O)[nH]1)C(=O)c1oc2ccccc2c1C. The molecule has 2 aromatic carbocycles. The molecule has 1 N–H and O–H groups in total. The van der Waals surface area contributed by atoms with Gasteiger partial charge in [0, 0.05) is 22.5 Å². The van der Waals surface area contributed by atoms with E-state index in [2.05, 4.69) is 9.97 Å². The van der Waals surface area contributed by atoms with Crippen LogP contribution in [0.5, 0.6) is 0 Å². The number of nitrogens with zero attached hydrogens (tertiary/aromatic N) is 2. The number of aromatic amines is 1. The molecular weight excluding hydrogens is 390 g/mol. The molecule has 2 heterocycles. The number of hydrogen-bond donors (Lipinski definition) is 1. The average molecular weight is 410 g/mol. The largest absolute Gasteiger partial charge is 0.451 e. The van der Waals surface area contributed by atoms with Crippen molar-refractivity contribution in [2.75, 3.05) is 6.54 Å². The summed E-state index contributed by atoms with van der Waals surface area (Å²) >= 11 is 6.04. The molecule has 0 aliphatic rings. The molecule has 0 radical (unpaired) electrons. The van der Waals surface area contributed by atoms with Gasteiger partial charge in [-0.25, -0.2) is 4.98 Å². The first kappa shape index (κ1) is 19.2. The van der Waals surface area contributed by atoms with E-state index < -0.39 is 0 Å². The van der Waals surface area contributed by atoms with Gasteiger partial charge in [0.1, 0.15) is 11.4 Å². The van der Waals surface area contributed by atoms with Crippen molar-refractivity contribution >= 4 is 39.4 Å². The Morgan fingerprint density at radius 1 is 1.21 bits per heavy atom. The van der Waals surface area contributed by atoms with Gasteiger partial charge in [-0.15, -0.1) is 0 Å². The molecule has 0 saturated carbocycles. The van der Waals surface area contributed by atoms with Crippen molar-refractivity contribution in [3.05, 3.63) is 75.0 Å². The summed E-state index contributed by atoms with van der Waals surface area (Å²) in [6, 6.07) is 12.5. The summed E-state index contributed by atoms with van der Waals surface area (Å²) in [6.07, 6.45) is 0.759. The molecule has 0 aliphatic carbocycles. The number of para-hydroxylation sites is 1. The maximum atomic E-state index is 13.2. The third-order valence-electron chi connectivity index (χ3n) is 4.88. The zero-order valence-electron chi connectivity index (χ0n) is 16.2. The van der Waals surface area contributed by atoms with Crippen molar-refractivity contribution in [2.24, 2.45) is 0 Å². The molecule has 0 atom stereocenters. The standard InChI is InChI=1S/C22H20ClN3O3/c1-3-10-26(22(28)20-13(2)15-6-4-5-7-18(15)29-20)12-19-24-17-11-14(23)8-9-16(17)21(27)25-19/h4-9,11H,3,10,12H2,1-2H3,(H,24,25,27). The lowest BCUT2D eigenvalue weighted by Crippen LogP contribution is -2.33. The molecule has 2 aromatic heterocycles. The fraction of sp³-hybridized carbons (Fsp3) is 0.227. The highest BCUT2D eigenvalue weighted by atomic mass is 35.5. The van der Waals surface area contributed by atoms with E-state index in [-0.39, 0.29) is 18.0 Å². The monoisotopic (exact) mass is 409 g/mol. The molecule has 148 valence electrons. The van der Waals surface area contributed by atoms with E-state index in [0.29, 0.717) is 39.6 Å². The molecule has 4 aromatic rings. The van der Waals surface area contributed by atoms with Gasteiger partial charge in [0.25, 0.3) is 11.5 Å². The minimum Gasteiger partial charge on any atom is -0.451 e. The van der Waals surface area contributed by atoms with Crippen LogP contribution in [0.2, 0.25) is 5.02 Å². The van der Waals surface area contributed by atoms with Gasteiger partial charge in [0.2, 0.25) is 0 Å². The van der Waals surface area contributed by atoms with Crippen LogP contribution in [0.25, 0.3) is 21.9 Å². The quantitative estimate of drug-likeness (QED) is 0.518. The molecular formula is C22H20ClN3O3. The number of amides is 1. The molecule has 29 heavy (non-hydrogen) atoms. The maximum absolute atomic E-state index is 13.2. The van der Waals surface area contributed by atoms with E-state index in [1.165, 1.54) is 0 Å². The zero-order valence-corrected chi connectivity index (χ0v) is 16.9.